The van der Waals surface area contributed by atoms with E-state index in [0.29, 0.717) is 6.54 Å². The van der Waals surface area contributed by atoms with Crippen LogP contribution in [-0.4, -0.2) is 5.91 Å². The molecule has 1 unspecified atom stereocenters. The minimum absolute atomic E-state index is 0.0370. The summed E-state index contributed by atoms with van der Waals surface area (Å²) in [5.74, 6) is -0.0390. The number of nitrogens with two attached hydrogens (primary N) is 1. The highest BCUT2D eigenvalue weighted by Gasteiger charge is 2.13. The number of carbonyl (C=O) groups excluding carboxylic acids is 1. The van der Waals surface area contributed by atoms with Gasteiger partial charge in [-0.3, -0.25) is 4.79 Å². The Morgan fingerprint density at radius 1 is 1.14 bits per heavy atom. The van der Waals surface area contributed by atoms with Crippen LogP contribution in [0.2, 0.25) is 0 Å². The van der Waals surface area contributed by atoms with Crippen molar-refractivity contribution in [2.75, 3.05) is 0 Å². The van der Waals surface area contributed by atoms with E-state index in [9.17, 15) is 4.79 Å². The fourth-order valence-electron chi connectivity index (χ4n) is 2.37. The number of nitrogens with one attached hydrogen (secondary N) is 1. The Labute approximate surface area is 126 Å². The molecule has 0 fully saturated rings. The molecule has 1 atom stereocenters. The lowest BCUT2D eigenvalue weighted by molar-refractivity contribution is 0.0939. The summed E-state index contributed by atoms with van der Waals surface area (Å²) >= 11 is 0. The van der Waals surface area contributed by atoms with Crippen LogP contribution < -0.4 is 11.1 Å². The average molecular weight is 282 g/mol. The summed E-state index contributed by atoms with van der Waals surface area (Å²) in [6.07, 6.45) is 0. The van der Waals surface area contributed by atoms with Crippen molar-refractivity contribution in [2.45, 2.75) is 33.4 Å². The molecule has 1 amide bonds. The zero-order valence-electron chi connectivity index (χ0n) is 12.8. The summed E-state index contributed by atoms with van der Waals surface area (Å²) in [4.78, 5) is 12.4. The number of carbonyl (C=O) groups is 1. The van der Waals surface area contributed by atoms with Crippen LogP contribution in [0.25, 0.3) is 0 Å². The predicted octanol–water partition coefficient (Wildman–Crippen LogP) is 3.25. The van der Waals surface area contributed by atoms with Crippen LogP contribution in [-0.2, 0) is 6.54 Å². The summed E-state index contributed by atoms with van der Waals surface area (Å²) in [5, 5.41) is 3.04. The Bertz CT molecular complexity index is 632. The number of rotatable bonds is 4. The minimum atomic E-state index is -0.0390. The van der Waals surface area contributed by atoms with Crippen molar-refractivity contribution in [1.82, 2.24) is 5.32 Å². The number of hydrogen-bond donors (Lipinski definition) is 2. The molecule has 0 spiro atoms. The third-order valence-electron chi connectivity index (χ3n) is 3.69. The Hall–Kier alpha value is -2.13. The number of benzene rings is 2. The lowest BCUT2D eigenvalue weighted by Crippen LogP contribution is -2.27. The largest absolute Gasteiger partial charge is 0.346 e. The molecule has 0 saturated carbocycles. The van der Waals surface area contributed by atoms with Crippen LogP contribution in [0.5, 0.6) is 0 Å². The summed E-state index contributed by atoms with van der Waals surface area (Å²) < 4.78 is 0. The molecule has 0 aliphatic heterocycles. The zero-order valence-corrected chi connectivity index (χ0v) is 12.8. The van der Waals surface area contributed by atoms with Crippen LogP contribution >= 0.6 is 0 Å². The molecule has 0 radical (unpaired) electrons. The lowest BCUT2D eigenvalue weighted by Gasteiger charge is -2.16. The van der Waals surface area contributed by atoms with Crippen LogP contribution in [0, 0.1) is 13.8 Å². The van der Waals surface area contributed by atoms with Crippen molar-refractivity contribution in [3.05, 3.63) is 70.3 Å². The Morgan fingerprint density at radius 2 is 1.81 bits per heavy atom. The van der Waals surface area contributed by atoms with Crippen molar-refractivity contribution in [2.24, 2.45) is 5.73 Å². The highest BCUT2D eigenvalue weighted by Crippen LogP contribution is 2.16. The van der Waals surface area contributed by atoms with Crippen molar-refractivity contribution >= 4 is 5.91 Å². The van der Waals surface area contributed by atoms with E-state index in [1.165, 1.54) is 0 Å². The molecule has 3 nitrogen and oxygen atoms in total. The molecule has 2 aromatic carbocycles. The number of hydrogen-bond acceptors (Lipinski definition) is 2. The highest BCUT2D eigenvalue weighted by atomic mass is 16.1. The predicted molar refractivity (Wildman–Crippen MR) is 86.1 cm³/mol. The maximum Gasteiger partial charge on any atom is 0.252 e. The monoisotopic (exact) mass is 282 g/mol. The van der Waals surface area contributed by atoms with Crippen molar-refractivity contribution in [3.63, 3.8) is 0 Å². The van der Waals surface area contributed by atoms with Crippen molar-refractivity contribution in [3.8, 4) is 0 Å². The van der Waals surface area contributed by atoms with Crippen LogP contribution in [0.3, 0.4) is 0 Å². The maximum absolute atomic E-state index is 12.4. The van der Waals surface area contributed by atoms with Crippen LogP contribution in [0.4, 0.5) is 0 Å². The van der Waals surface area contributed by atoms with Gasteiger partial charge in [-0.1, -0.05) is 42.0 Å². The molecule has 21 heavy (non-hydrogen) atoms. The molecule has 0 aliphatic carbocycles. The standard InChI is InChI=1S/C18H22N2O/c1-12-4-9-17(13(2)10-12)18(21)20-14(3)16-7-5-15(11-19)6-8-16/h4-10,14H,11,19H2,1-3H3,(H,20,21). The van der Waals surface area contributed by atoms with Crippen LogP contribution in [0.15, 0.2) is 42.5 Å². The first-order valence-electron chi connectivity index (χ1n) is 7.18. The first-order valence-corrected chi connectivity index (χ1v) is 7.18. The normalized spacial score (nSPS) is 12.0. The second-order valence-electron chi connectivity index (χ2n) is 5.46. The second kappa shape index (κ2) is 6.55. The molecular formula is C18H22N2O. The van der Waals surface area contributed by atoms with E-state index in [0.717, 1.165) is 27.8 Å². The van der Waals surface area contributed by atoms with Crippen molar-refractivity contribution in [1.29, 1.82) is 0 Å². The average Bonchev–Trinajstić information content (AvgIpc) is 2.47. The molecule has 0 saturated heterocycles. The quantitative estimate of drug-likeness (QED) is 0.904. The Balaban J connectivity index is 2.10. The van der Waals surface area contributed by atoms with Gasteiger partial charge >= 0.3 is 0 Å². The molecule has 3 N–H and O–H groups in total. The summed E-state index contributed by atoms with van der Waals surface area (Å²) in [7, 11) is 0. The van der Waals surface area contributed by atoms with E-state index in [2.05, 4.69) is 5.32 Å². The first-order chi connectivity index (χ1) is 10.0. The third-order valence-corrected chi connectivity index (χ3v) is 3.69. The Morgan fingerprint density at radius 3 is 2.38 bits per heavy atom. The van der Waals surface area contributed by atoms with Gasteiger partial charge in [0, 0.05) is 12.1 Å². The molecular weight excluding hydrogens is 260 g/mol. The summed E-state index contributed by atoms with van der Waals surface area (Å²) in [6.45, 7) is 6.50. The lowest BCUT2D eigenvalue weighted by atomic mass is 10.0. The van der Waals surface area contributed by atoms with Gasteiger partial charge in [-0.2, -0.15) is 0 Å². The van der Waals surface area contributed by atoms with E-state index in [-0.39, 0.29) is 11.9 Å². The minimum Gasteiger partial charge on any atom is -0.346 e. The number of amides is 1. The van der Waals surface area contributed by atoms with Gasteiger partial charge < -0.3 is 11.1 Å². The molecule has 2 aromatic rings. The zero-order chi connectivity index (χ0) is 15.4. The molecule has 0 heterocycles. The van der Waals surface area contributed by atoms with Gasteiger partial charge in [0.2, 0.25) is 0 Å². The molecule has 0 bridgehead atoms. The van der Waals surface area contributed by atoms with Crippen molar-refractivity contribution < 1.29 is 4.79 Å². The van der Waals surface area contributed by atoms with Gasteiger partial charge in [0.1, 0.15) is 0 Å². The molecule has 3 heteroatoms. The van der Waals surface area contributed by atoms with Gasteiger partial charge in [0.25, 0.3) is 5.91 Å². The second-order valence-corrected chi connectivity index (χ2v) is 5.46. The fraction of sp³-hybridized carbons (Fsp3) is 0.278. The summed E-state index contributed by atoms with van der Waals surface area (Å²) in [5.41, 5.74) is 10.6. The SMILES string of the molecule is Cc1ccc(C(=O)NC(C)c2ccc(CN)cc2)c(C)c1. The first kappa shape index (κ1) is 15.3. The maximum atomic E-state index is 12.4. The van der Waals surface area contributed by atoms with E-state index in [4.69, 9.17) is 5.73 Å². The van der Waals surface area contributed by atoms with E-state index >= 15 is 0 Å². The molecule has 0 aromatic heterocycles. The molecule has 110 valence electrons. The smallest absolute Gasteiger partial charge is 0.252 e. The van der Waals surface area contributed by atoms with Gasteiger partial charge in [-0.15, -0.1) is 0 Å². The fourth-order valence-corrected chi connectivity index (χ4v) is 2.37. The Kier molecular flexibility index (Phi) is 4.76. The van der Waals surface area contributed by atoms with Gasteiger partial charge in [-0.05, 0) is 43.5 Å². The van der Waals surface area contributed by atoms with Crippen LogP contribution in [0.1, 0.15) is 45.6 Å². The third kappa shape index (κ3) is 3.70. The van der Waals surface area contributed by atoms with E-state index < -0.39 is 0 Å². The molecule has 0 aliphatic rings. The highest BCUT2D eigenvalue weighted by molar-refractivity contribution is 5.95. The van der Waals surface area contributed by atoms with Gasteiger partial charge in [0.15, 0.2) is 0 Å². The molecule has 2 rings (SSSR count). The number of aryl methyl sites for hydroxylation is 2. The summed E-state index contributed by atoms with van der Waals surface area (Å²) in [6, 6.07) is 13.8. The van der Waals surface area contributed by atoms with Gasteiger partial charge in [-0.25, -0.2) is 0 Å². The van der Waals surface area contributed by atoms with E-state index in [1.807, 2.05) is 63.2 Å². The van der Waals surface area contributed by atoms with E-state index in [1.54, 1.807) is 0 Å². The topological polar surface area (TPSA) is 55.1 Å². The van der Waals surface area contributed by atoms with Gasteiger partial charge in [0.05, 0.1) is 6.04 Å².